The van der Waals surface area contributed by atoms with E-state index < -0.39 is 0 Å². The Hall–Kier alpha value is -1.37. The quantitative estimate of drug-likeness (QED) is 0.703. The van der Waals surface area contributed by atoms with Crippen LogP contribution < -0.4 is 0 Å². The Morgan fingerprint density at radius 3 is 3.15 bits per heavy atom. The Morgan fingerprint density at radius 1 is 1.77 bits per heavy atom. The molecule has 1 heterocycles. The molecule has 0 radical (unpaired) electrons. The summed E-state index contributed by atoms with van der Waals surface area (Å²) in [7, 11) is 0. The topological polar surface area (TPSA) is 54.5 Å². The molecular weight excluding hydrogens is 164 g/mol. The summed E-state index contributed by atoms with van der Waals surface area (Å²) in [4.78, 5) is 4.22. The van der Waals surface area contributed by atoms with Crippen LogP contribution in [0.25, 0.3) is 0 Å². The first-order valence-electron chi connectivity index (χ1n) is 4.59. The van der Waals surface area contributed by atoms with E-state index >= 15 is 0 Å². The van der Waals surface area contributed by atoms with E-state index in [1.807, 2.05) is 6.92 Å². The van der Waals surface area contributed by atoms with Crippen LogP contribution in [0.4, 0.5) is 0 Å². The second-order valence-electron chi connectivity index (χ2n) is 3.57. The molecule has 0 spiro atoms. The third-order valence-corrected chi connectivity index (χ3v) is 2.31. The molecule has 1 aromatic heterocycles. The molecule has 1 aliphatic rings. The average Bonchev–Trinajstić information content (AvgIpc) is 2.84. The van der Waals surface area contributed by atoms with E-state index in [0.717, 1.165) is 5.82 Å². The van der Waals surface area contributed by atoms with Crippen LogP contribution in [0.2, 0.25) is 0 Å². The standard InChI is InChI=1S/C9H12N4/c1-7(4-5-10)13-6-11-9(12-13)8-2-3-8/h6-8H,2-4H2,1H3. The molecule has 0 aliphatic heterocycles. The number of hydrogen-bond acceptors (Lipinski definition) is 3. The van der Waals surface area contributed by atoms with Crippen molar-refractivity contribution in [2.75, 3.05) is 0 Å². The average molecular weight is 176 g/mol. The van der Waals surface area contributed by atoms with Gasteiger partial charge in [0.15, 0.2) is 5.82 Å². The molecule has 2 rings (SSSR count). The van der Waals surface area contributed by atoms with Gasteiger partial charge < -0.3 is 0 Å². The van der Waals surface area contributed by atoms with Gasteiger partial charge >= 0.3 is 0 Å². The van der Waals surface area contributed by atoms with Crippen molar-refractivity contribution < 1.29 is 0 Å². The Kier molecular flexibility index (Phi) is 2.01. The third-order valence-electron chi connectivity index (χ3n) is 2.31. The van der Waals surface area contributed by atoms with E-state index in [9.17, 15) is 0 Å². The van der Waals surface area contributed by atoms with Crippen LogP contribution in [-0.4, -0.2) is 14.8 Å². The molecule has 68 valence electrons. The largest absolute Gasteiger partial charge is 0.249 e. The molecule has 4 nitrogen and oxygen atoms in total. The van der Waals surface area contributed by atoms with Crippen LogP contribution in [-0.2, 0) is 0 Å². The van der Waals surface area contributed by atoms with Crippen LogP contribution in [0, 0.1) is 11.3 Å². The zero-order chi connectivity index (χ0) is 9.26. The highest BCUT2D eigenvalue weighted by molar-refractivity contribution is 5.02. The van der Waals surface area contributed by atoms with Gasteiger partial charge in [0.05, 0.1) is 18.5 Å². The van der Waals surface area contributed by atoms with Gasteiger partial charge in [-0.3, -0.25) is 0 Å². The van der Waals surface area contributed by atoms with Gasteiger partial charge in [-0.2, -0.15) is 10.4 Å². The minimum absolute atomic E-state index is 0.144. The fourth-order valence-electron chi connectivity index (χ4n) is 1.25. The lowest BCUT2D eigenvalue weighted by molar-refractivity contribution is 0.495. The highest BCUT2D eigenvalue weighted by Gasteiger charge is 2.27. The van der Waals surface area contributed by atoms with Crippen molar-refractivity contribution in [3.8, 4) is 6.07 Å². The highest BCUT2D eigenvalue weighted by atomic mass is 15.3. The van der Waals surface area contributed by atoms with Gasteiger partial charge in [0.25, 0.3) is 0 Å². The molecule has 1 saturated carbocycles. The molecule has 0 bridgehead atoms. The van der Waals surface area contributed by atoms with Crippen LogP contribution >= 0.6 is 0 Å². The smallest absolute Gasteiger partial charge is 0.153 e. The van der Waals surface area contributed by atoms with E-state index in [1.54, 1.807) is 11.0 Å². The number of hydrogen-bond donors (Lipinski definition) is 0. The lowest BCUT2D eigenvalue weighted by Gasteiger charge is -2.04. The monoisotopic (exact) mass is 176 g/mol. The highest BCUT2D eigenvalue weighted by Crippen LogP contribution is 2.37. The van der Waals surface area contributed by atoms with Gasteiger partial charge in [0.1, 0.15) is 6.33 Å². The maximum absolute atomic E-state index is 8.51. The van der Waals surface area contributed by atoms with Crippen molar-refractivity contribution in [3.63, 3.8) is 0 Å². The molecule has 13 heavy (non-hydrogen) atoms. The fraction of sp³-hybridized carbons (Fsp3) is 0.667. The molecule has 0 saturated heterocycles. The molecule has 1 aromatic rings. The minimum atomic E-state index is 0.144. The maximum Gasteiger partial charge on any atom is 0.153 e. The minimum Gasteiger partial charge on any atom is -0.249 e. The Labute approximate surface area is 77.2 Å². The molecular formula is C9H12N4. The predicted octanol–water partition coefficient (Wildman–Crippen LogP) is 1.63. The van der Waals surface area contributed by atoms with E-state index in [1.165, 1.54) is 12.8 Å². The number of aromatic nitrogens is 3. The zero-order valence-electron chi connectivity index (χ0n) is 7.64. The normalized spacial score (nSPS) is 18.2. The van der Waals surface area contributed by atoms with Crippen molar-refractivity contribution in [1.82, 2.24) is 14.8 Å². The molecule has 0 amide bonds. The van der Waals surface area contributed by atoms with Crippen LogP contribution in [0.3, 0.4) is 0 Å². The Morgan fingerprint density at radius 2 is 2.54 bits per heavy atom. The lowest BCUT2D eigenvalue weighted by Crippen LogP contribution is -2.05. The second-order valence-corrected chi connectivity index (χ2v) is 3.57. The summed E-state index contributed by atoms with van der Waals surface area (Å²) < 4.78 is 1.79. The fourth-order valence-corrected chi connectivity index (χ4v) is 1.25. The first-order valence-corrected chi connectivity index (χ1v) is 4.59. The van der Waals surface area contributed by atoms with Crippen molar-refractivity contribution in [2.24, 2.45) is 0 Å². The van der Waals surface area contributed by atoms with Crippen molar-refractivity contribution in [1.29, 1.82) is 5.26 Å². The third kappa shape index (κ3) is 1.69. The molecule has 1 fully saturated rings. The van der Waals surface area contributed by atoms with Gasteiger partial charge in [0.2, 0.25) is 0 Å². The predicted molar refractivity (Wildman–Crippen MR) is 46.9 cm³/mol. The van der Waals surface area contributed by atoms with Gasteiger partial charge in [-0.05, 0) is 19.8 Å². The van der Waals surface area contributed by atoms with E-state index in [0.29, 0.717) is 12.3 Å². The molecule has 0 aromatic carbocycles. The summed E-state index contributed by atoms with van der Waals surface area (Å²) in [5.74, 6) is 1.54. The van der Waals surface area contributed by atoms with Crippen molar-refractivity contribution in [2.45, 2.75) is 38.1 Å². The second kappa shape index (κ2) is 3.17. The summed E-state index contributed by atoms with van der Waals surface area (Å²) >= 11 is 0. The molecule has 1 aliphatic carbocycles. The van der Waals surface area contributed by atoms with E-state index in [-0.39, 0.29) is 6.04 Å². The first-order chi connectivity index (χ1) is 6.31. The molecule has 1 atom stereocenters. The number of nitrogens with zero attached hydrogens (tertiary/aromatic N) is 4. The van der Waals surface area contributed by atoms with E-state index in [2.05, 4.69) is 16.2 Å². The molecule has 0 N–H and O–H groups in total. The summed E-state index contributed by atoms with van der Waals surface area (Å²) in [6.07, 6.45) is 4.66. The van der Waals surface area contributed by atoms with E-state index in [4.69, 9.17) is 5.26 Å². The van der Waals surface area contributed by atoms with Crippen LogP contribution in [0.15, 0.2) is 6.33 Å². The van der Waals surface area contributed by atoms with Crippen LogP contribution in [0.1, 0.15) is 44.0 Å². The molecule has 4 heteroatoms. The Balaban J connectivity index is 2.08. The van der Waals surface area contributed by atoms with Crippen LogP contribution in [0.5, 0.6) is 0 Å². The summed E-state index contributed by atoms with van der Waals surface area (Å²) in [6.45, 7) is 1.98. The summed E-state index contributed by atoms with van der Waals surface area (Å²) in [6, 6.07) is 2.27. The molecule has 1 unspecified atom stereocenters. The first kappa shape index (κ1) is 8.24. The van der Waals surface area contributed by atoms with Gasteiger partial charge in [-0.1, -0.05) is 0 Å². The number of rotatable bonds is 3. The van der Waals surface area contributed by atoms with Crippen molar-refractivity contribution in [3.05, 3.63) is 12.2 Å². The van der Waals surface area contributed by atoms with Gasteiger partial charge in [-0.25, -0.2) is 9.67 Å². The lowest BCUT2D eigenvalue weighted by atomic mass is 10.3. The van der Waals surface area contributed by atoms with Gasteiger partial charge in [0, 0.05) is 5.92 Å². The Bertz CT molecular complexity index is 332. The maximum atomic E-state index is 8.51. The van der Waals surface area contributed by atoms with Crippen molar-refractivity contribution >= 4 is 0 Å². The number of nitriles is 1. The zero-order valence-corrected chi connectivity index (χ0v) is 7.64. The summed E-state index contributed by atoms with van der Waals surface area (Å²) in [5.41, 5.74) is 0. The van der Waals surface area contributed by atoms with Gasteiger partial charge in [-0.15, -0.1) is 0 Å². The summed E-state index contributed by atoms with van der Waals surface area (Å²) in [5, 5.41) is 12.9. The SMILES string of the molecule is CC(CC#N)n1cnc(C2CC2)n1.